The number of benzene rings is 1. The molecule has 7 heteroatoms. The Morgan fingerprint density at radius 3 is 2.45 bits per heavy atom. The zero-order chi connectivity index (χ0) is 27.6. The van der Waals surface area contributed by atoms with Crippen LogP contribution in [0.25, 0.3) is 5.57 Å². The Morgan fingerprint density at radius 1 is 1.08 bits per heavy atom. The van der Waals surface area contributed by atoms with Gasteiger partial charge in [0.05, 0.1) is 12.3 Å². The van der Waals surface area contributed by atoms with Gasteiger partial charge in [-0.3, -0.25) is 14.4 Å². The van der Waals surface area contributed by atoms with Crippen LogP contribution in [0.15, 0.2) is 24.3 Å². The second kappa shape index (κ2) is 11.8. The third-order valence-electron chi connectivity index (χ3n) is 8.24. The van der Waals surface area contributed by atoms with Crippen LogP contribution in [0.4, 0.5) is 0 Å². The molecule has 2 aliphatic carbocycles. The third kappa shape index (κ3) is 6.62. The molecule has 0 spiro atoms. The van der Waals surface area contributed by atoms with Gasteiger partial charge in [0.1, 0.15) is 5.60 Å². The molecule has 6 nitrogen and oxygen atoms in total. The molecule has 3 aliphatic rings. The van der Waals surface area contributed by atoms with E-state index in [1.54, 1.807) is 19.0 Å². The summed E-state index contributed by atoms with van der Waals surface area (Å²) in [6.07, 6.45) is 10.3. The Balaban J connectivity index is 1.55. The number of halogens is 1. The van der Waals surface area contributed by atoms with E-state index in [1.165, 1.54) is 6.42 Å². The van der Waals surface area contributed by atoms with E-state index in [0.29, 0.717) is 17.1 Å². The van der Waals surface area contributed by atoms with Crippen molar-refractivity contribution in [1.29, 1.82) is 0 Å². The van der Waals surface area contributed by atoms with Gasteiger partial charge in [0.15, 0.2) is 0 Å². The molecule has 1 saturated heterocycles. The van der Waals surface area contributed by atoms with Crippen molar-refractivity contribution in [2.45, 2.75) is 96.1 Å². The van der Waals surface area contributed by atoms with E-state index < -0.39 is 5.60 Å². The largest absolute Gasteiger partial charge is 0.460 e. The third-order valence-corrected chi connectivity index (χ3v) is 8.47. The first-order valence-corrected chi connectivity index (χ1v) is 14.6. The number of carbonyl (C=O) groups excluding carboxylic acids is 3. The maximum Gasteiger partial charge on any atom is 0.307 e. The van der Waals surface area contributed by atoms with E-state index in [4.69, 9.17) is 16.3 Å². The highest BCUT2D eigenvalue weighted by Gasteiger charge is 2.40. The van der Waals surface area contributed by atoms with Crippen molar-refractivity contribution >= 4 is 35.0 Å². The maximum atomic E-state index is 14.1. The van der Waals surface area contributed by atoms with Gasteiger partial charge in [-0.1, -0.05) is 43.0 Å². The molecule has 1 aliphatic heterocycles. The molecule has 38 heavy (non-hydrogen) atoms. The predicted molar refractivity (Wildman–Crippen MR) is 151 cm³/mol. The van der Waals surface area contributed by atoms with Gasteiger partial charge in [0.2, 0.25) is 5.91 Å². The van der Waals surface area contributed by atoms with Crippen molar-refractivity contribution in [3.63, 3.8) is 0 Å². The summed E-state index contributed by atoms with van der Waals surface area (Å²) in [6.45, 7) is 6.32. The van der Waals surface area contributed by atoms with Crippen LogP contribution in [0, 0.1) is 11.8 Å². The molecule has 2 amide bonds. The van der Waals surface area contributed by atoms with E-state index >= 15 is 0 Å². The minimum atomic E-state index is -0.569. The van der Waals surface area contributed by atoms with Gasteiger partial charge in [-0.25, -0.2) is 0 Å². The fraction of sp³-hybridized carbons (Fsp3) is 0.645. The number of rotatable bonds is 7. The molecule has 1 aromatic carbocycles. The number of likely N-dealkylation sites (N-methyl/N-ethyl adjacent to an activating group) is 1. The molecule has 1 heterocycles. The van der Waals surface area contributed by atoms with Crippen molar-refractivity contribution in [3.05, 3.63) is 40.4 Å². The molecule has 208 valence electrons. The number of carbonyl (C=O) groups is 3. The van der Waals surface area contributed by atoms with Gasteiger partial charge in [-0.15, -0.1) is 0 Å². The molecule has 3 atom stereocenters. The quantitative estimate of drug-likeness (QED) is 0.384. The van der Waals surface area contributed by atoms with E-state index in [0.717, 1.165) is 56.1 Å². The van der Waals surface area contributed by atoms with Crippen LogP contribution < -0.4 is 0 Å². The zero-order valence-corrected chi connectivity index (χ0v) is 24.4. The van der Waals surface area contributed by atoms with Crippen LogP contribution in [0.1, 0.15) is 95.6 Å². The molecule has 0 radical (unpaired) electrons. The SMILES string of the molecule is CN(C)C(=O)C1=CC(C[C@@H]2CCCN2C(=O)[C@@H](CC(=O)OC(C)(C)C)C2CCCCC2)c2ccc(Cl)cc21. The highest BCUT2D eigenvalue weighted by molar-refractivity contribution is 6.31. The highest BCUT2D eigenvalue weighted by Crippen LogP contribution is 2.43. The molecule has 0 aromatic heterocycles. The fourth-order valence-electron chi connectivity index (χ4n) is 6.52. The molecule has 1 aromatic rings. The Kier molecular flexibility index (Phi) is 8.91. The highest BCUT2D eigenvalue weighted by atomic mass is 35.5. The van der Waals surface area contributed by atoms with Crippen LogP contribution >= 0.6 is 11.6 Å². The van der Waals surface area contributed by atoms with E-state index in [1.807, 2.05) is 43.9 Å². The lowest BCUT2D eigenvalue weighted by atomic mass is 9.77. The number of ether oxygens (including phenoxy) is 1. The summed E-state index contributed by atoms with van der Waals surface area (Å²) in [5, 5.41) is 0.608. The van der Waals surface area contributed by atoms with Crippen molar-refractivity contribution in [2.75, 3.05) is 20.6 Å². The van der Waals surface area contributed by atoms with Crippen LogP contribution in [0.2, 0.25) is 5.02 Å². The summed E-state index contributed by atoms with van der Waals surface area (Å²) in [7, 11) is 3.52. The van der Waals surface area contributed by atoms with Crippen molar-refractivity contribution < 1.29 is 19.1 Å². The molecule has 4 rings (SSSR count). The van der Waals surface area contributed by atoms with Crippen LogP contribution in [-0.4, -0.2) is 59.9 Å². The number of allylic oxidation sites excluding steroid dienone is 1. The van der Waals surface area contributed by atoms with Crippen LogP contribution in [0.3, 0.4) is 0 Å². The number of nitrogens with zero attached hydrogens (tertiary/aromatic N) is 2. The second-order valence-electron chi connectivity index (χ2n) is 12.5. The molecule has 0 N–H and O–H groups in total. The van der Waals surface area contributed by atoms with Gasteiger partial charge in [-0.2, -0.15) is 0 Å². The van der Waals surface area contributed by atoms with Gasteiger partial charge < -0.3 is 14.5 Å². The Morgan fingerprint density at radius 2 is 1.79 bits per heavy atom. The summed E-state index contributed by atoms with van der Waals surface area (Å²) < 4.78 is 5.64. The van der Waals surface area contributed by atoms with Crippen molar-refractivity contribution in [3.8, 4) is 0 Å². The standard InChI is InChI=1S/C31H43ClN2O4/c1-31(2,3)38-28(35)19-25(20-10-7-6-8-11-20)30(37)34-15-9-12-23(34)16-21-17-27(29(36)33(4)5)26-18-22(32)13-14-24(21)26/h13-14,17-18,20-21,23,25H,6-12,15-16,19H2,1-5H3/t21?,23-,25-/m0/s1. The number of likely N-dealkylation sites (tertiary alicyclic amines) is 1. The molecule has 2 fully saturated rings. The molecule has 0 bridgehead atoms. The number of hydrogen-bond donors (Lipinski definition) is 0. The Labute approximate surface area is 232 Å². The molecule has 1 unspecified atom stereocenters. The average Bonchev–Trinajstić information content (AvgIpc) is 3.45. The summed E-state index contributed by atoms with van der Waals surface area (Å²) >= 11 is 6.30. The van der Waals surface area contributed by atoms with Crippen LogP contribution in [-0.2, 0) is 19.1 Å². The first kappa shape index (κ1) is 28.7. The van der Waals surface area contributed by atoms with E-state index in [2.05, 4.69) is 6.08 Å². The number of fused-ring (bicyclic) bond motifs is 1. The minimum absolute atomic E-state index is 0.0369. The average molecular weight is 543 g/mol. The summed E-state index contributed by atoms with van der Waals surface area (Å²) in [6, 6.07) is 5.85. The normalized spacial score (nSPS) is 22.6. The molecular weight excluding hydrogens is 500 g/mol. The van der Waals surface area contributed by atoms with Gasteiger partial charge in [0, 0.05) is 43.2 Å². The van der Waals surface area contributed by atoms with E-state index in [-0.39, 0.29) is 48.0 Å². The smallest absolute Gasteiger partial charge is 0.307 e. The monoisotopic (exact) mass is 542 g/mol. The first-order valence-electron chi connectivity index (χ1n) is 14.2. The first-order chi connectivity index (χ1) is 17.9. The van der Waals surface area contributed by atoms with Gasteiger partial charge in [-0.05, 0) is 82.1 Å². The topological polar surface area (TPSA) is 66.9 Å². The van der Waals surface area contributed by atoms with Crippen LogP contribution in [0.5, 0.6) is 0 Å². The lowest BCUT2D eigenvalue weighted by Crippen LogP contribution is -2.44. The second-order valence-corrected chi connectivity index (χ2v) is 12.9. The predicted octanol–water partition coefficient (Wildman–Crippen LogP) is 6.22. The summed E-state index contributed by atoms with van der Waals surface area (Å²) in [5.41, 5.74) is 2.09. The molecule has 1 saturated carbocycles. The Bertz CT molecular complexity index is 1080. The van der Waals surface area contributed by atoms with Crippen molar-refractivity contribution in [2.24, 2.45) is 11.8 Å². The zero-order valence-electron chi connectivity index (χ0n) is 23.6. The Hall–Kier alpha value is -2.34. The summed E-state index contributed by atoms with van der Waals surface area (Å²) in [4.78, 5) is 43.6. The number of amides is 2. The fourth-order valence-corrected chi connectivity index (χ4v) is 6.69. The lowest BCUT2D eigenvalue weighted by Gasteiger charge is -2.35. The lowest BCUT2D eigenvalue weighted by molar-refractivity contribution is -0.160. The maximum absolute atomic E-state index is 14.1. The van der Waals surface area contributed by atoms with Gasteiger partial charge >= 0.3 is 5.97 Å². The summed E-state index contributed by atoms with van der Waals surface area (Å²) in [5.74, 6) is -0.282. The molecular formula is C31H43ClN2O4. The minimum Gasteiger partial charge on any atom is -0.460 e. The van der Waals surface area contributed by atoms with Crippen molar-refractivity contribution in [1.82, 2.24) is 9.80 Å². The van der Waals surface area contributed by atoms with Gasteiger partial charge in [0.25, 0.3) is 5.91 Å². The number of esters is 1. The van der Waals surface area contributed by atoms with E-state index in [9.17, 15) is 14.4 Å². The number of hydrogen-bond acceptors (Lipinski definition) is 4.